The predicted octanol–water partition coefficient (Wildman–Crippen LogP) is 6.41. The van der Waals surface area contributed by atoms with Gasteiger partial charge in [0.25, 0.3) is 0 Å². The lowest BCUT2D eigenvalue weighted by Gasteiger charge is -2.17. The Bertz CT molecular complexity index is 1060. The van der Waals surface area contributed by atoms with Gasteiger partial charge in [-0.2, -0.15) is 0 Å². The summed E-state index contributed by atoms with van der Waals surface area (Å²) in [6, 6.07) is 11.6. The molecule has 0 saturated heterocycles. The zero-order valence-electron chi connectivity index (χ0n) is 14.6. The summed E-state index contributed by atoms with van der Waals surface area (Å²) in [6.07, 6.45) is 6.48. The van der Waals surface area contributed by atoms with Gasteiger partial charge in [0, 0.05) is 5.71 Å². The fourth-order valence-corrected chi connectivity index (χ4v) is 4.10. The minimum Gasteiger partial charge on any atom is -0.305 e. The molecule has 1 aromatic heterocycles. The molecule has 1 aliphatic rings. The number of nitrogens with one attached hydrogen (secondary N) is 1. The number of aryl methyl sites for hydroxylation is 1. The first-order valence-electron chi connectivity index (χ1n) is 8.70. The molecule has 4 heteroatoms. The van der Waals surface area contributed by atoms with Gasteiger partial charge in [0.15, 0.2) is 0 Å². The summed E-state index contributed by atoms with van der Waals surface area (Å²) < 4.78 is 14.9. The number of rotatable bonds is 2. The summed E-state index contributed by atoms with van der Waals surface area (Å²) in [5.41, 5.74) is 8.65. The molecule has 0 fully saturated rings. The molecule has 0 spiro atoms. The topological polar surface area (TPSA) is 36.7 Å². The monoisotopic (exact) mass is 362 g/mol. The predicted molar refractivity (Wildman–Crippen MR) is 108 cm³/mol. The lowest BCUT2D eigenvalue weighted by molar-refractivity contribution is 0.618. The van der Waals surface area contributed by atoms with Gasteiger partial charge in [-0.05, 0) is 84.4 Å². The number of fused-ring (bicyclic) bond motifs is 1. The molecule has 26 heavy (non-hydrogen) atoms. The zero-order chi connectivity index (χ0) is 18.1. The van der Waals surface area contributed by atoms with Gasteiger partial charge in [-0.15, -0.1) is 11.3 Å². The number of allylic oxidation sites excluding steroid dienone is 4. The summed E-state index contributed by atoms with van der Waals surface area (Å²) in [6.45, 7) is 1.80. The molecule has 1 aliphatic carbocycles. The second-order valence-electron chi connectivity index (χ2n) is 6.60. The van der Waals surface area contributed by atoms with Gasteiger partial charge in [-0.3, -0.25) is 0 Å². The van der Waals surface area contributed by atoms with Crippen molar-refractivity contribution >= 4 is 38.4 Å². The van der Waals surface area contributed by atoms with Crippen LogP contribution in [-0.4, -0.2) is 10.7 Å². The smallest absolute Gasteiger partial charge is 0.126 e. The van der Waals surface area contributed by atoms with Crippen molar-refractivity contribution in [2.75, 3.05) is 0 Å². The van der Waals surface area contributed by atoms with Crippen molar-refractivity contribution in [3.63, 3.8) is 0 Å². The van der Waals surface area contributed by atoms with Crippen LogP contribution in [0.5, 0.6) is 0 Å². The average molecular weight is 362 g/mol. The summed E-state index contributed by atoms with van der Waals surface area (Å²) >= 11 is 1.63. The Morgan fingerprint density at radius 3 is 2.73 bits per heavy atom. The van der Waals surface area contributed by atoms with Crippen LogP contribution in [0.1, 0.15) is 36.0 Å². The van der Waals surface area contributed by atoms with Crippen molar-refractivity contribution in [2.24, 2.45) is 0 Å². The third-order valence-corrected chi connectivity index (χ3v) is 5.59. The summed E-state index contributed by atoms with van der Waals surface area (Å²) in [5, 5.41) is 8.05. The molecule has 4 rings (SSSR count). The van der Waals surface area contributed by atoms with Crippen molar-refractivity contribution in [1.82, 2.24) is 4.98 Å². The van der Waals surface area contributed by atoms with E-state index in [0.717, 1.165) is 46.2 Å². The van der Waals surface area contributed by atoms with Gasteiger partial charge in [-0.1, -0.05) is 18.2 Å². The number of nitrogens with zero attached hydrogens (tertiary/aromatic N) is 1. The summed E-state index contributed by atoms with van der Waals surface area (Å²) in [4.78, 5) is 4.36. The van der Waals surface area contributed by atoms with E-state index < -0.39 is 0 Å². The van der Waals surface area contributed by atoms with Crippen LogP contribution >= 0.6 is 11.3 Å². The second-order valence-corrected chi connectivity index (χ2v) is 7.49. The van der Waals surface area contributed by atoms with Gasteiger partial charge in [0.2, 0.25) is 0 Å². The Kier molecular flexibility index (Phi) is 4.51. The molecular formula is C22H19FN2S. The fourth-order valence-electron chi connectivity index (χ4n) is 3.38. The van der Waals surface area contributed by atoms with Crippen LogP contribution in [-0.2, 0) is 0 Å². The quantitative estimate of drug-likeness (QED) is 0.561. The van der Waals surface area contributed by atoms with Gasteiger partial charge in [0.1, 0.15) is 5.82 Å². The molecule has 0 radical (unpaired) electrons. The first-order chi connectivity index (χ1) is 12.6. The van der Waals surface area contributed by atoms with E-state index in [1.807, 2.05) is 35.9 Å². The van der Waals surface area contributed by atoms with Crippen LogP contribution in [0.4, 0.5) is 4.39 Å². The third-order valence-electron chi connectivity index (χ3n) is 4.80. The van der Waals surface area contributed by atoms with E-state index in [-0.39, 0.29) is 5.82 Å². The average Bonchev–Trinajstić information content (AvgIpc) is 3.08. The van der Waals surface area contributed by atoms with Crippen molar-refractivity contribution in [1.29, 1.82) is 5.41 Å². The van der Waals surface area contributed by atoms with E-state index in [0.29, 0.717) is 11.3 Å². The first kappa shape index (κ1) is 16.9. The molecule has 3 aromatic rings. The highest BCUT2D eigenvalue weighted by Crippen LogP contribution is 2.35. The molecule has 130 valence electrons. The number of aromatic nitrogens is 1. The lowest BCUT2D eigenvalue weighted by atomic mass is 9.88. The van der Waals surface area contributed by atoms with Crippen LogP contribution in [0.25, 0.3) is 21.4 Å². The Labute approximate surface area is 156 Å². The third kappa shape index (κ3) is 3.25. The number of hydrogen-bond acceptors (Lipinski definition) is 3. The van der Waals surface area contributed by atoms with Crippen LogP contribution in [0, 0.1) is 18.2 Å². The fraction of sp³-hybridized carbons (Fsp3) is 0.182. The highest BCUT2D eigenvalue weighted by molar-refractivity contribution is 7.16. The van der Waals surface area contributed by atoms with E-state index in [4.69, 9.17) is 5.41 Å². The maximum atomic E-state index is 13.8. The van der Waals surface area contributed by atoms with E-state index >= 15 is 0 Å². The number of hydrogen-bond donors (Lipinski definition) is 1. The van der Waals surface area contributed by atoms with E-state index in [9.17, 15) is 4.39 Å². The summed E-state index contributed by atoms with van der Waals surface area (Å²) in [5.74, 6) is -0.176. The molecule has 2 nitrogen and oxygen atoms in total. The molecule has 0 saturated carbocycles. The molecular weight excluding hydrogens is 343 g/mol. The van der Waals surface area contributed by atoms with Crippen molar-refractivity contribution < 1.29 is 4.39 Å². The van der Waals surface area contributed by atoms with Crippen molar-refractivity contribution in [3.05, 3.63) is 76.6 Å². The van der Waals surface area contributed by atoms with E-state index in [1.54, 1.807) is 24.3 Å². The van der Waals surface area contributed by atoms with E-state index in [2.05, 4.69) is 17.1 Å². The highest BCUT2D eigenvalue weighted by atomic mass is 32.1. The standard InChI is InChI=1S/C22H19FN2S/c1-14-11-15(5-9-20(14)23)18-4-2-3-17(24)7-8-19(18)16-6-10-21-22(12-16)26-13-25-21/h5-13,24H,2-4H2,1H3/b8-7-,19-18?,24-17?. The molecule has 0 unspecified atom stereocenters. The van der Waals surface area contributed by atoms with Crippen molar-refractivity contribution in [2.45, 2.75) is 26.2 Å². The SMILES string of the molecule is Cc1cc(C2=C(c3ccc4ncsc4c3)/C=C\C(=N)CCC2)ccc1F. The minimum atomic E-state index is -0.176. The molecule has 0 bridgehead atoms. The van der Waals surface area contributed by atoms with E-state index in [1.165, 1.54) is 5.57 Å². The maximum absolute atomic E-state index is 13.8. The van der Waals surface area contributed by atoms with Crippen LogP contribution in [0.15, 0.2) is 54.1 Å². The second kappa shape index (κ2) is 6.96. The Balaban J connectivity index is 1.93. The molecule has 0 amide bonds. The molecule has 2 aromatic carbocycles. The van der Waals surface area contributed by atoms with Crippen LogP contribution < -0.4 is 0 Å². The normalized spacial score (nSPS) is 16.6. The highest BCUT2D eigenvalue weighted by Gasteiger charge is 2.14. The molecule has 1 N–H and O–H groups in total. The number of thiazole rings is 1. The Hall–Kier alpha value is -2.59. The largest absolute Gasteiger partial charge is 0.305 e. The minimum absolute atomic E-state index is 0.176. The summed E-state index contributed by atoms with van der Waals surface area (Å²) in [7, 11) is 0. The zero-order valence-corrected chi connectivity index (χ0v) is 15.4. The number of halogens is 1. The van der Waals surface area contributed by atoms with Gasteiger partial charge in [-0.25, -0.2) is 9.37 Å². The molecule has 1 heterocycles. The van der Waals surface area contributed by atoms with Crippen LogP contribution in [0.3, 0.4) is 0 Å². The molecule has 0 aliphatic heterocycles. The van der Waals surface area contributed by atoms with Crippen LogP contribution in [0.2, 0.25) is 0 Å². The molecule has 0 atom stereocenters. The maximum Gasteiger partial charge on any atom is 0.126 e. The first-order valence-corrected chi connectivity index (χ1v) is 9.58. The van der Waals surface area contributed by atoms with Gasteiger partial charge in [0.05, 0.1) is 15.7 Å². The van der Waals surface area contributed by atoms with Crippen molar-refractivity contribution in [3.8, 4) is 0 Å². The van der Waals surface area contributed by atoms with Gasteiger partial charge >= 0.3 is 0 Å². The van der Waals surface area contributed by atoms with Gasteiger partial charge < -0.3 is 5.41 Å². The number of benzene rings is 2. The Morgan fingerprint density at radius 1 is 1.04 bits per heavy atom. The Morgan fingerprint density at radius 2 is 1.88 bits per heavy atom. The lowest BCUT2D eigenvalue weighted by Crippen LogP contribution is -2.00.